The molecule has 3 rings (SSSR count). The molecule has 0 bridgehead atoms. The summed E-state index contributed by atoms with van der Waals surface area (Å²) in [6, 6.07) is 4.76. The zero-order chi connectivity index (χ0) is 25.9. The predicted molar refractivity (Wildman–Crippen MR) is 132 cm³/mol. The standard InChI is InChI=1S/C26H36N2O7/c1-8-16-15-18(29)17-13-14-19-20(21(17)32-16)22(33-24(30)27(9-2)10-3)23(26(6,7)35-19)34-25(31)28(11-4)12-5/h13-15,22-23H,8-12H2,1-7H3/t22-,23-/m1/s1. The van der Waals surface area contributed by atoms with Crippen LogP contribution in [0.5, 0.6) is 5.75 Å². The van der Waals surface area contributed by atoms with Gasteiger partial charge < -0.3 is 28.4 Å². The Hall–Kier alpha value is -3.23. The summed E-state index contributed by atoms with van der Waals surface area (Å²) in [7, 11) is 0. The third-order valence-corrected chi connectivity index (χ3v) is 6.41. The van der Waals surface area contributed by atoms with Gasteiger partial charge in [0.25, 0.3) is 0 Å². The minimum absolute atomic E-state index is 0.207. The second-order valence-electron chi connectivity index (χ2n) is 8.94. The SMILES string of the molecule is CCc1cc(=O)c2ccc3c(c2o1)[C@@H](OC(=O)N(CC)CC)[C@@H](OC(=O)N(CC)CC)C(C)(C)O3. The number of rotatable bonds is 7. The summed E-state index contributed by atoms with van der Waals surface area (Å²) in [5, 5.41) is 0.335. The number of carbonyl (C=O) groups excluding carboxylic acids is 2. The molecule has 35 heavy (non-hydrogen) atoms. The maximum absolute atomic E-state index is 13.1. The fourth-order valence-electron chi connectivity index (χ4n) is 4.31. The van der Waals surface area contributed by atoms with Crippen molar-refractivity contribution in [2.45, 2.75) is 72.7 Å². The Kier molecular flexibility index (Phi) is 7.97. The van der Waals surface area contributed by atoms with Crippen LogP contribution in [-0.2, 0) is 15.9 Å². The van der Waals surface area contributed by atoms with Crippen LogP contribution in [-0.4, -0.2) is 59.9 Å². The van der Waals surface area contributed by atoms with E-state index in [1.165, 1.54) is 15.9 Å². The number of hydrogen-bond acceptors (Lipinski definition) is 7. The molecule has 192 valence electrons. The summed E-state index contributed by atoms with van der Waals surface area (Å²) < 4.78 is 24.3. The van der Waals surface area contributed by atoms with Crippen molar-refractivity contribution in [3.63, 3.8) is 0 Å². The highest BCUT2D eigenvalue weighted by molar-refractivity contribution is 5.84. The van der Waals surface area contributed by atoms with Gasteiger partial charge in [0.2, 0.25) is 0 Å². The molecule has 0 saturated heterocycles. The minimum atomic E-state index is -1.06. The molecule has 0 unspecified atom stereocenters. The number of nitrogens with zero attached hydrogens (tertiary/aromatic N) is 2. The number of ether oxygens (including phenoxy) is 3. The molecule has 0 radical (unpaired) electrons. The lowest BCUT2D eigenvalue weighted by Crippen LogP contribution is -2.54. The molecule has 2 atom stereocenters. The highest BCUT2D eigenvalue weighted by Gasteiger charge is 2.51. The van der Waals surface area contributed by atoms with Gasteiger partial charge in [-0.2, -0.15) is 0 Å². The zero-order valence-electron chi connectivity index (χ0n) is 21.7. The molecule has 0 aliphatic carbocycles. The smallest absolute Gasteiger partial charge is 0.410 e. The van der Waals surface area contributed by atoms with Crippen molar-refractivity contribution in [3.8, 4) is 5.75 Å². The van der Waals surface area contributed by atoms with Crippen molar-refractivity contribution in [3.05, 3.63) is 39.7 Å². The molecule has 2 amide bonds. The lowest BCUT2D eigenvalue weighted by Gasteiger charge is -2.44. The molecule has 2 aromatic rings. The number of fused-ring (bicyclic) bond motifs is 3. The van der Waals surface area contributed by atoms with Crippen LogP contribution in [0.4, 0.5) is 9.59 Å². The van der Waals surface area contributed by atoms with E-state index in [9.17, 15) is 14.4 Å². The van der Waals surface area contributed by atoms with Gasteiger partial charge in [0.15, 0.2) is 17.6 Å². The lowest BCUT2D eigenvalue weighted by atomic mass is 9.87. The van der Waals surface area contributed by atoms with Gasteiger partial charge in [-0.25, -0.2) is 9.59 Å². The summed E-state index contributed by atoms with van der Waals surface area (Å²) >= 11 is 0. The topological polar surface area (TPSA) is 98.5 Å². The van der Waals surface area contributed by atoms with Crippen molar-refractivity contribution in [1.29, 1.82) is 0 Å². The van der Waals surface area contributed by atoms with E-state index in [-0.39, 0.29) is 11.0 Å². The molecular weight excluding hydrogens is 452 g/mol. The zero-order valence-corrected chi connectivity index (χ0v) is 21.7. The van der Waals surface area contributed by atoms with Crippen LogP contribution in [0.15, 0.2) is 27.4 Å². The Labute approximate surface area is 205 Å². The molecule has 9 heteroatoms. The second-order valence-corrected chi connectivity index (χ2v) is 8.94. The normalized spacial score (nSPS) is 18.4. The van der Waals surface area contributed by atoms with Crippen molar-refractivity contribution >= 4 is 23.2 Å². The Morgan fingerprint density at radius 1 is 0.943 bits per heavy atom. The fraction of sp³-hybridized carbons (Fsp3) is 0.577. The van der Waals surface area contributed by atoms with Crippen LogP contribution in [0.1, 0.15) is 65.9 Å². The molecule has 1 aliphatic heterocycles. The average Bonchev–Trinajstić information content (AvgIpc) is 2.81. The third-order valence-electron chi connectivity index (χ3n) is 6.41. The van der Waals surface area contributed by atoms with Gasteiger partial charge in [-0.15, -0.1) is 0 Å². The first-order valence-electron chi connectivity index (χ1n) is 12.3. The first-order chi connectivity index (χ1) is 16.6. The summed E-state index contributed by atoms with van der Waals surface area (Å²) in [5.41, 5.74) is -0.600. The van der Waals surface area contributed by atoms with E-state index in [1.807, 2.05) is 34.6 Å². The van der Waals surface area contributed by atoms with Gasteiger partial charge in [0.05, 0.1) is 10.9 Å². The highest BCUT2D eigenvalue weighted by Crippen LogP contribution is 2.46. The van der Waals surface area contributed by atoms with E-state index in [0.29, 0.717) is 55.1 Å². The van der Waals surface area contributed by atoms with Gasteiger partial charge >= 0.3 is 12.2 Å². The maximum Gasteiger partial charge on any atom is 0.410 e. The Balaban J connectivity index is 2.23. The molecule has 0 N–H and O–H groups in total. The number of benzene rings is 1. The second kappa shape index (κ2) is 10.6. The van der Waals surface area contributed by atoms with Gasteiger partial charge in [-0.05, 0) is 53.7 Å². The van der Waals surface area contributed by atoms with E-state index in [0.717, 1.165) is 0 Å². The molecule has 2 heterocycles. The lowest BCUT2D eigenvalue weighted by molar-refractivity contribution is -0.124. The number of aryl methyl sites for hydroxylation is 1. The minimum Gasteiger partial charge on any atom is -0.483 e. The quantitative estimate of drug-likeness (QED) is 0.547. The predicted octanol–water partition coefficient (Wildman–Crippen LogP) is 4.89. The van der Waals surface area contributed by atoms with Crippen LogP contribution >= 0.6 is 0 Å². The largest absolute Gasteiger partial charge is 0.483 e. The third kappa shape index (κ3) is 5.09. The molecule has 0 saturated carbocycles. The van der Waals surface area contributed by atoms with E-state index in [2.05, 4.69) is 0 Å². The van der Waals surface area contributed by atoms with Crippen LogP contribution in [0.2, 0.25) is 0 Å². The van der Waals surface area contributed by atoms with E-state index < -0.39 is 30.0 Å². The molecule has 0 fully saturated rings. The molecule has 1 aliphatic rings. The van der Waals surface area contributed by atoms with Crippen LogP contribution < -0.4 is 10.2 Å². The number of carbonyl (C=O) groups is 2. The summed E-state index contributed by atoms with van der Waals surface area (Å²) in [5.74, 6) is 0.901. The first kappa shape index (κ1) is 26.4. The number of amides is 2. The molecule has 9 nitrogen and oxygen atoms in total. The molecule has 1 aromatic heterocycles. The molecule has 0 spiro atoms. The van der Waals surface area contributed by atoms with Crippen LogP contribution in [0.25, 0.3) is 11.0 Å². The van der Waals surface area contributed by atoms with Crippen LogP contribution in [0, 0.1) is 0 Å². The van der Waals surface area contributed by atoms with E-state index in [1.54, 1.807) is 26.0 Å². The van der Waals surface area contributed by atoms with Crippen molar-refractivity contribution < 1.29 is 28.2 Å². The number of hydrogen-bond donors (Lipinski definition) is 0. The Morgan fingerprint density at radius 2 is 1.51 bits per heavy atom. The van der Waals surface area contributed by atoms with Gasteiger partial charge in [0.1, 0.15) is 22.7 Å². The average molecular weight is 489 g/mol. The summed E-state index contributed by atoms with van der Waals surface area (Å²) in [4.78, 5) is 42.0. The van der Waals surface area contributed by atoms with E-state index >= 15 is 0 Å². The Morgan fingerprint density at radius 3 is 2.06 bits per heavy atom. The Bertz CT molecular complexity index is 1130. The monoisotopic (exact) mass is 488 g/mol. The van der Waals surface area contributed by atoms with Gasteiger partial charge in [-0.3, -0.25) is 4.79 Å². The maximum atomic E-state index is 13.1. The highest BCUT2D eigenvalue weighted by atomic mass is 16.6. The summed E-state index contributed by atoms with van der Waals surface area (Å²) in [6.45, 7) is 14.7. The van der Waals surface area contributed by atoms with E-state index in [4.69, 9.17) is 18.6 Å². The van der Waals surface area contributed by atoms with Crippen molar-refractivity contribution in [2.24, 2.45) is 0 Å². The molecule has 1 aromatic carbocycles. The van der Waals surface area contributed by atoms with Crippen molar-refractivity contribution in [1.82, 2.24) is 9.80 Å². The van der Waals surface area contributed by atoms with Crippen molar-refractivity contribution in [2.75, 3.05) is 26.2 Å². The first-order valence-corrected chi connectivity index (χ1v) is 12.3. The van der Waals surface area contributed by atoms with Gasteiger partial charge in [-0.1, -0.05) is 6.92 Å². The van der Waals surface area contributed by atoms with Crippen LogP contribution in [0.3, 0.4) is 0 Å². The summed E-state index contributed by atoms with van der Waals surface area (Å²) in [6.07, 6.45) is -2.64. The fourth-order valence-corrected chi connectivity index (χ4v) is 4.31. The van der Waals surface area contributed by atoms with Gasteiger partial charge in [0, 0.05) is 38.7 Å². The molecular formula is C26H36N2O7.